The first-order valence-electron chi connectivity index (χ1n) is 5.09. The van der Waals surface area contributed by atoms with Gasteiger partial charge in [-0.1, -0.05) is 6.58 Å². The van der Waals surface area contributed by atoms with E-state index in [1.807, 2.05) is 0 Å². The molecule has 0 heterocycles. The first-order valence-corrected chi connectivity index (χ1v) is 6.55. The molecule has 0 amide bonds. The third kappa shape index (κ3) is 9.02. The predicted molar refractivity (Wildman–Crippen MR) is 58.0 cm³/mol. The number of quaternary nitrogens is 1. The molecule has 0 aromatic rings. The number of carbonyl (C=O) groups is 1. The number of phosphoric ester groups is 1. The minimum absolute atomic E-state index is 0.0445. The van der Waals surface area contributed by atoms with Crippen LogP contribution in [0.1, 0.15) is 6.92 Å². The molecule has 0 fully saturated rings. The van der Waals surface area contributed by atoms with Crippen LogP contribution in [0, 0.1) is 0 Å². The maximum Gasteiger partial charge on any atom is 0.333 e. The van der Waals surface area contributed by atoms with Crippen LogP contribution in [0.3, 0.4) is 0 Å². The lowest BCUT2D eigenvalue weighted by Gasteiger charge is -2.21. The Morgan fingerprint density at radius 1 is 1.35 bits per heavy atom. The Labute approximate surface area is 100 Å². The Hall–Kier alpha value is -0.720. The zero-order valence-electron chi connectivity index (χ0n) is 10.0. The average molecular weight is 267 g/mol. The van der Waals surface area contributed by atoms with Crippen molar-refractivity contribution in [2.24, 2.45) is 0 Å². The Balaban J connectivity index is 3.69. The lowest BCUT2D eigenvalue weighted by molar-refractivity contribution is -0.627. The first kappa shape index (κ1) is 16.3. The molecule has 0 aromatic carbocycles. The van der Waals surface area contributed by atoms with Crippen LogP contribution >= 0.6 is 7.82 Å². The highest BCUT2D eigenvalue weighted by atomic mass is 31.2. The van der Waals surface area contributed by atoms with Crippen LogP contribution in [-0.4, -0.2) is 39.4 Å². The van der Waals surface area contributed by atoms with Crippen molar-refractivity contribution in [1.82, 2.24) is 0 Å². The van der Waals surface area contributed by atoms with Gasteiger partial charge >= 0.3 is 5.97 Å². The molecule has 0 saturated heterocycles. The minimum atomic E-state index is -4.29. The van der Waals surface area contributed by atoms with Gasteiger partial charge in [-0.15, -0.1) is 0 Å². The summed E-state index contributed by atoms with van der Waals surface area (Å²) in [5.74, 6) is -0.587. The van der Waals surface area contributed by atoms with E-state index < -0.39 is 13.8 Å². The predicted octanol–water partition coefficient (Wildman–Crippen LogP) is -1.20. The van der Waals surface area contributed by atoms with Crippen molar-refractivity contribution in [2.45, 2.75) is 6.92 Å². The van der Waals surface area contributed by atoms with E-state index in [4.69, 9.17) is 0 Å². The fourth-order valence-corrected chi connectivity index (χ4v) is 1.43. The number of rotatable bonds is 9. The molecule has 0 radical (unpaired) electrons. The molecule has 7 nitrogen and oxygen atoms in total. The van der Waals surface area contributed by atoms with Crippen LogP contribution in [0.2, 0.25) is 0 Å². The van der Waals surface area contributed by atoms with Gasteiger partial charge in [0.2, 0.25) is 0 Å². The molecule has 0 spiro atoms. The van der Waals surface area contributed by atoms with Gasteiger partial charge in [0.15, 0.2) is 0 Å². The highest BCUT2D eigenvalue weighted by molar-refractivity contribution is 7.45. The summed E-state index contributed by atoms with van der Waals surface area (Å²) >= 11 is 0. The van der Waals surface area contributed by atoms with Crippen molar-refractivity contribution in [2.75, 3.05) is 33.4 Å². The van der Waals surface area contributed by atoms with Crippen molar-refractivity contribution in [3.8, 4) is 0 Å². The lowest BCUT2D eigenvalue weighted by atomic mass is 10.4. The molecule has 2 N–H and O–H groups in total. The molecule has 0 aliphatic carbocycles. The molecule has 0 aromatic heterocycles. The molecule has 17 heavy (non-hydrogen) atoms. The van der Waals surface area contributed by atoms with Crippen molar-refractivity contribution in [3.05, 3.63) is 12.2 Å². The van der Waals surface area contributed by atoms with E-state index in [1.54, 1.807) is 12.4 Å². The largest absolute Gasteiger partial charge is 0.756 e. The minimum Gasteiger partial charge on any atom is -0.756 e. The quantitative estimate of drug-likeness (QED) is 0.244. The third-order valence-corrected chi connectivity index (χ3v) is 2.57. The van der Waals surface area contributed by atoms with E-state index >= 15 is 0 Å². The van der Waals surface area contributed by atoms with Crippen LogP contribution < -0.4 is 10.2 Å². The second-order valence-corrected chi connectivity index (χ2v) is 4.64. The summed E-state index contributed by atoms with van der Waals surface area (Å²) in [6, 6.07) is 0. The summed E-state index contributed by atoms with van der Waals surface area (Å²) in [6.45, 7) is 4.99. The van der Waals surface area contributed by atoms with E-state index in [1.165, 1.54) is 6.92 Å². The molecule has 100 valence electrons. The normalized spacial score (nSPS) is 14.1. The summed E-state index contributed by atoms with van der Waals surface area (Å²) in [5.41, 5.74) is 0.241. The number of carbonyl (C=O) groups excluding carboxylic acids is 1. The maximum atomic E-state index is 11.1. The number of hydrogen-bond acceptors (Lipinski definition) is 6. The van der Waals surface area contributed by atoms with Crippen LogP contribution in [0.15, 0.2) is 12.2 Å². The van der Waals surface area contributed by atoms with Gasteiger partial charge in [0, 0.05) is 5.57 Å². The van der Waals surface area contributed by atoms with E-state index in [9.17, 15) is 14.3 Å². The van der Waals surface area contributed by atoms with Crippen molar-refractivity contribution < 1.29 is 33.4 Å². The van der Waals surface area contributed by atoms with Crippen molar-refractivity contribution in [1.29, 1.82) is 0 Å². The molecule has 0 bridgehead atoms. The summed E-state index contributed by atoms with van der Waals surface area (Å²) in [6.07, 6.45) is 0. The summed E-state index contributed by atoms with van der Waals surface area (Å²) in [5, 5.41) is 1.77. The van der Waals surface area contributed by atoms with E-state index in [0.29, 0.717) is 6.54 Å². The van der Waals surface area contributed by atoms with Crippen LogP contribution in [0.4, 0.5) is 0 Å². The number of likely N-dealkylation sites (N-methyl/N-ethyl adjacent to an activating group) is 1. The maximum absolute atomic E-state index is 11.1. The standard InChI is InChI=1S/C9H18NO6P/c1-8(2)9(11)14-6-7-16-17(12,13)15-5-4-10-3/h10H,1,4-7H2,2-3H3,(H,12,13). The Bertz CT molecular complexity index is 306. The smallest absolute Gasteiger partial charge is 0.333 e. The highest BCUT2D eigenvalue weighted by Gasteiger charge is 2.10. The zero-order valence-corrected chi connectivity index (χ0v) is 10.9. The summed E-state index contributed by atoms with van der Waals surface area (Å²) in [7, 11) is -2.50. The summed E-state index contributed by atoms with van der Waals surface area (Å²) in [4.78, 5) is 22.0. The molecule has 1 unspecified atom stereocenters. The summed E-state index contributed by atoms with van der Waals surface area (Å²) < 4.78 is 24.7. The Kier molecular flexibility index (Phi) is 8.03. The van der Waals surface area contributed by atoms with E-state index in [0.717, 1.165) is 0 Å². The number of hydrogen-bond donors (Lipinski definition) is 1. The van der Waals surface area contributed by atoms with Crippen LogP contribution in [0.25, 0.3) is 0 Å². The zero-order chi connectivity index (χ0) is 13.3. The Morgan fingerprint density at radius 2 is 1.94 bits per heavy atom. The first-order chi connectivity index (χ1) is 7.89. The number of ether oxygens (including phenoxy) is 1. The van der Waals surface area contributed by atoms with Gasteiger partial charge < -0.3 is 24.0 Å². The fourth-order valence-electron chi connectivity index (χ4n) is 0.726. The number of phosphoric acid groups is 1. The highest BCUT2D eigenvalue weighted by Crippen LogP contribution is 2.37. The molecular formula is C9H18NO6P. The van der Waals surface area contributed by atoms with Crippen LogP contribution in [0.5, 0.6) is 0 Å². The van der Waals surface area contributed by atoms with Gasteiger partial charge in [0.1, 0.15) is 13.2 Å². The van der Waals surface area contributed by atoms with E-state index in [-0.39, 0.29) is 25.4 Å². The molecule has 0 saturated carbocycles. The fraction of sp³-hybridized carbons (Fsp3) is 0.667. The van der Waals surface area contributed by atoms with Crippen molar-refractivity contribution >= 4 is 13.8 Å². The molecular weight excluding hydrogens is 249 g/mol. The molecule has 0 aliphatic heterocycles. The average Bonchev–Trinajstić information content (AvgIpc) is 2.24. The van der Waals surface area contributed by atoms with Gasteiger partial charge in [-0.2, -0.15) is 0 Å². The molecule has 8 heteroatoms. The molecule has 0 rings (SSSR count). The van der Waals surface area contributed by atoms with Gasteiger partial charge in [-0.05, 0) is 6.92 Å². The van der Waals surface area contributed by atoms with Gasteiger partial charge in [-0.3, -0.25) is 4.57 Å². The van der Waals surface area contributed by atoms with Gasteiger partial charge in [-0.25, -0.2) is 4.79 Å². The van der Waals surface area contributed by atoms with Gasteiger partial charge in [0.05, 0.1) is 20.2 Å². The van der Waals surface area contributed by atoms with Crippen molar-refractivity contribution in [3.63, 3.8) is 0 Å². The third-order valence-electron chi connectivity index (χ3n) is 1.57. The second kappa shape index (κ2) is 8.38. The van der Waals surface area contributed by atoms with E-state index in [2.05, 4.69) is 20.4 Å². The van der Waals surface area contributed by atoms with Crippen LogP contribution in [-0.2, 0) is 23.1 Å². The lowest BCUT2D eigenvalue weighted by Crippen LogP contribution is -2.80. The SMILES string of the molecule is C=C(C)C(=O)OCCOP(=O)([O-])OCC[NH2+]C. The monoisotopic (exact) mass is 267 g/mol. The number of esters is 1. The second-order valence-electron chi connectivity index (χ2n) is 3.23. The Morgan fingerprint density at radius 3 is 2.47 bits per heavy atom. The topological polar surface area (TPSA) is 102 Å². The van der Waals surface area contributed by atoms with Gasteiger partial charge in [0.25, 0.3) is 7.82 Å². The number of nitrogens with two attached hydrogens (primary N) is 1. The molecule has 1 atom stereocenters. The molecule has 0 aliphatic rings.